The van der Waals surface area contributed by atoms with Crippen LogP contribution in [0.3, 0.4) is 0 Å². The Morgan fingerprint density at radius 2 is 1.79 bits per heavy atom. The molecule has 0 saturated carbocycles. The Morgan fingerprint density at radius 3 is 2.39 bits per heavy atom. The molecule has 2 aromatic carbocycles. The van der Waals surface area contributed by atoms with Crippen LogP contribution in [0.4, 0.5) is 10.1 Å². The minimum atomic E-state index is -3.67. The lowest BCUT2D eigenvalue weighted by atomic mass is 10.1. The van der Waals surface area contributed by atoms with Gasteiger partial charge in [-0.2, -0.15) is 0 Å². The number of nitrogens with one attached hydrogen (secondary N) is 2. The van der Waals surface area contributed by atoms with E-state index in [0.717, 1.165) is 37.4 Å². The highest BCUT2D eigenvalue weighted by Crippen LogP contribution is 2.17. The van der Waals surface area contributed by atoms with E-state index in [9.17, 15) is 12.8 Å². The first kappa shape index (κ1) is 23.2. The van der Waals surface area contributed by atoms with Gasteiger partial charge in [-0.25, -0.2) is 17.5 Å². The normalized spacial score (nSPS) is 15.9. The highest BCUT2D eigenvalue weighted by molar-refractivity contribution is 7.89. The Balaban J connectivity index is 1.46. The number of rotatable bonds is 8. The first-order valence-corrected chi connectivity index (χ1v) is 12.3. The summed E-state index contributed by atoms with van der Waals surface area (Å²) in [5.41, 5.74) is 1.98. The molecule has 0 aliphatic carbocycles. The third-order valence-corrected chi connectivity index (χ3v) is 7.46. The summed E-state index contributed by atoms with van der Waals surface area (Å²) in [5, 5.41) is 0. The Morgan fingerprint density at radius 1 is 1.09 bits per heavy atom. The maximum absolute atomic E-state index is 13.3. The van der Waals surface area contributed by atoms with Crippen LogP contribution in [0.25, 0.3) is 0 Å². The summed E-state index contributed by atoms with van der Waals surface area (Å²) in [6.45, 7) is 3.49. The molecule has 9 heteroatoms. The number of benzene rings is 2. The fraction of sp³-hybridized carbons (Fsp3) is 0.292. The summed E-state index contributed by atoms with van der Waals surface area (Å²) in [6, 6.07) is 16.6. The fourth-order valence-electron chi connectivity index (χ4n) is 4.16. The summed E-state index contributed by atoms with van der Waals surface area (Å²) in [7, 11) is -2.13. The second kappa shape index (κ2) is 10.3. The quantitative estimate of drug-likeness (QED) is 0.523. The second-order valence-corrected chi connectivity index (χ2v) is 9.76. The van der Waals surface area contributed by atoms with Crippen molar-refractivity contribution in [1.82, 2.24) is 9.71 Å². The summed E-state index contributed by atoms with van der Waals surface area (Å²) in [5.74, 6) is 0.356. The molecule has 0 radical (unpaired) electrons. The molecule has 1 atom stereocenters. The highest BCUT2D eigenvalue weighted by Gasteiger charge is 2.30. The van der Waals surface area contributed by atoms with Crippen LogP contribution < -0.4 is 19.3 Å². The molecule has 174 valence electrons. The van der Waals surface area contributed by atoms with Crippen LogP contribution in [0.2, 0.25) is 0 Å². The van der Waals surface area contributed by atoms with E-state index in [2.05, 4.69) is 14.6 Å². The molecule has 1 fully saturated rings. The summed E-state index contributed by atoms with van der Waals surface area (Å²) >= 11 is 0. The number of pyridine rings is 1. The minimum absolute atomic E-state index is 0.0814. The van der Waals surface area contributed by atoms with Gasteiger partial charge in [0.05, 0.1) is 44.7 Å². The van der Waals surface area contributed by atoms with Crippen molar-refractivity contribution in [2.75, 3.05) is 44.7 Å². The zero-order valence-corrected chi connectivity index (χ0v) is 19.3. The van der Waals surface area contributed by atoms with Crippen LogP contribution >= 0.6 is 0 Å². The van der Waals surface area contributed by atoms with Crippen molar-refractivity contribution in [3.8, 4) is 5.75 Å². The Hall–Kier alpha value is -3.01. The number of hydrogen-bond donors (Lipinski definition) is 2. The molecular weight excluding hydrogens is 443 g/mol. The van der Waals surface area contributed by atoms with Crippen molar-refractivity contribution in [2.24, 2.45) is 0 Å². The molecule has 1 aromatic heterocycles. The lowest BCUT2D eigenvalue weighted by Gasteiger charge is -2.37. The number of hydrogen-bond acceptors (Lipinski definition) is 5. The van der Waals surface area contributed by atoms with Gasteiger partial charge in [0.1, 0.15) is 17.6 Å². The lowest BCUT2D eigenvalue weighted by Crippen LogP contribution is -3.15. The van der Waals surface area contributed by atoms with E-state index in [1.54, 1.807) is 43.8 Å². The van der Waals surface area contributed by atoms with Gasteiger partial charge in [-0.05, 0) is 60.7 Å². The predicted octanol–water partition coefficient (Wildman–Crippen LogP) is 1.65. The molecule has 1 aliphatic rings. The third-order valence-electron chi connectivity index (χ3n) is 6.02. The molecule has 0 spiro atoms. The van der Waals surface area contributed by atoms with Crippen molar-refractivity contribution in [3.63, 3.8) is 0 Å². The SMILES string of the molecule is COc1ccc(S(=O)(=O)NCC(c2cccnc2)[NH+]2CCN(c3ccc(F)cc3)CC2)cc1. The Bertz CT molecular complexity index is 1130. The maximum Gasteiger partial charge on any atom is 0.240 e. The van der Waals surface area contributed by atoms with Crippen molar-refractivity contribution in [3.05, 3.63) is 84.4 Å². The molecule has 4 rings (SSSR count). The van der Waals surface area contributed by atoms with Gasteiger partial charge in [0.2, 0.25) is 10.0 Å². The smallest absolute Gasteiger partial charge is 0.240 e. The number of methoxy groups -OCH3 is 1. The highest BCUT2D eigenvalue weighted by atomic mass is 32.2. The molecule has 7 nitrogen and oxygen atoms in total. The number of anilines is 1. The summed E-state index contributed by atoms with van der Waals surface area (Å²) in [6.07, 6.45) is 3.51. The maximum atomic E-state index is 13.3. The summed E-state index contributed by atoms with van der Waals surface area (Å²) < 4.78 is 47.0. The van der Waals surface area contributed by atoms with Crippen molar-refractivity contribution in [2.45, 2.75) is 10.9 Å². The first-order chi connectivity index (χ1) is 16.0. The van der Waals surface area contributed by atoms with Crippen LogP contribution in [0, 0.1) is 5.82 Å². The van der Waals surface area contributed by atoms with E-state index in [1.807, 2.05) is 12.1 Å². The van der Waals surface area contributed by atoms with Gasteiger partial charge in [0, 0.05) is 23.6 Å². The van der Waals surface area contributed by atoms with Crippen molar-refractivity contribution in [1.29, 1.82) is 0 Å². The largest absolute Gasteiger partial charge is 0.497 e. The van der Waals surface area contributed by atoms with E-state index in [4.69, 9.17) is 4.74 Å². The summed E-state index contributed by atoms with van der Waals surface area (Å²) in [4.78, 5) is 7.94. The fourth-order valence-corrected chi connectivity index (χ4v) is 5.21. The number of quaternary nitrogens is 1. The average molecular weight is 472 g/mol. The van der Waals surface area contributed by atoms with Gasteiger partial charge in [0.15, 0.2) is 0 Å². The number of ether oxygens (including phenoxy) is 1. The van der Waals surface area contributed by atoms with Gasteiger partial charge in [-0.1, -0.05) is 0 Å². The molecule has 2 heterocycles. The van der Waals surface area contributed by atoms with Crippen LogP contribution in [0.5, 0.6) is 5.75 Å². The van der Waals surface area contributed by atoms with E-state index in [1.165, 1.54) is 29.2 Å². The third kappa shape index (κ3) is 5.68. The van der Waals surface area contributed by atoms with Crippen molar-refractivity contribution < 1.29 is 22.4 Å². The molecule has 2 N–H and O–H groups in total. The molecule has 1 aliphatic heterocycles. The van der Waals surface area contributed by atoms with Gasteiger partial charge in [-0.3, -0.25) is 4.98 Å². The molecular formula is C24H28FN4O3S+. The average Bonchev–Trinajstić information content (AvgIpc) is 2.86. The van der Waals surface area contributed by atoms with Gasteiger partial charge >= 0.3 is 0 Å². The van der Waals surface area contributed by atoms with E-state index in [0.29, 0.717) is 5.75 Å². The van der Waals surface area contributed by atoms with Crippen LogP contribution in [0.15, 0.2) is 78.0 Å². The minimum Gasteiger partial charge on any atom is -0.497 e. The molecule has 33 heavy (non-hydrogen) atoms. The topological polar surface area (TPSA) is 76.0 Å². The van der Waals surface area contributed by atoms with Crippen LogP contribution in [-0.4, -0.2) is 53.2 Å². The molecule has 0 amide bonds. The Kier molecular flexibility index (Phi) is 7.22. The van der Waals surface area contributed by atoms with Gasteiger partial charge in [0.25, 0.3) is 0 Å². The number of sulfonamides is 1. The molecule has 1 unspecified atom stereocenters. The predicted molar refractivity (Wildman–Crippen MR) is 124 cm³/mol. The number of halogens is 1. The van der Waals surface area contributed by atoms with E-state index >= 15 is 0 Å². The Labute approximate surface area is 193 Å². The number of aromatic nitrogens is 1. The monoisotopic (exact) mass is 471 g/mol. The number of piperazine rings is 1. The standard InChI is InChI=1S/C24H27FN4O3S/c1-32-22-8-10-23(11-9-22)33(30,31)27-18-24(19-3-2-12-26-17-19)29-15-13-28(14-16-29)21-6-4-20(25)5-7-21/h2-12,17,24,27H,13-16,18H2,1H3/p+1. The van der Waals surface area contributed by atoms with Gasteiger partial charge < -0.3 is 14.5 Å². The lowest BCUT2D eigenvalue weighted by molar-refractivity contribution is -0.930. The van der Waals surface area contributed by atoms with Crippen LogP contribution in [-0.2, 0) is 10.0 Å². The second-order valence-electron chi connectivity index (χ2n) is 7.99. The van der Waals surface area contributed by atoms with E-state index < -0.39 is 10.0 Å². The van der Waals surface area contributed by atoms with Gasteiger partial charge in [-0.15, -0.1) is 0 Å². The molecule has 0 bridgehead atoms. The number of nitrogens with zero attached hydrogens (tertiary/aromatic N) is 2. The first-order valence-electron chi connectivity index (χ1n) is 10.8. The van der Waals surface area contributed by atoms with E-state index in [-0.39, 0.29) is 23.3 Å². The zero-order valence-electron chi connectivity index (χ0n) is 18.4. The van der Waals surface area contributed by atoms with Crippen LogP contribution in [0.1, 0.15) is 11.6 Å². The van der Waals surface area contributed by atoms with Crippen molar-refractivity contribution >= 4 is 15.7 Å². The molecule has 3 aromatic rings. The molecule has 1 saturated heterocycles. The zero-order chi connectivity index (χ0) is 23.3.